The van der Waals surface area contributed by atoms with Crippen molar-refractivity contribution in [1.82, 2.24) is 10.2 Å². The van der Waals surface area contributed by atoms with Crippen LogP contribution in [-0.2, 0) is 9.59 Å². The Morgan fingerprint density at radius 1 is 1.33 bits per heavy atom. The number of nitro benzene ring substituents is 1. The van der Waals surface area contributed by atoms with Gasteiger partial charge in [0.2, 0.25) is 5.91 Å². The number of non-ortho nitro benzene ring substituents is 1. The lowest BCUT2D eigenvalue weighted by molar-refractivity contribution is -0.384. The summed E-state index contributed by atoms with van der Waals surface area (Å²) in [5.41, 5.74) is -0.540. The maximum absolute atomic E-state index is 12.9. The smallest absolute Gasteiger partial charge is 0.323 e. The number of nitrogens with zero attached hydrogens (tertiary/aromatic N) is 3. The van der Waals surface area contributed by atoms with Gasteiger partial charge in [0.05, 0.1) is 4.92 Å². The highest BCUT2D eigenvalue weighted by Gasteiger charge is 2.55. The van der Waals surface area contributed by atoms with Gasteiger partial charge in [-0.05, 0) is 30.9 Å². The summed E-state index contributed by atoms with van der Waals surface area (Å²) in [6.07, 6.45) is 3.33. The van der Waals surface area contributed by atoms with Crippen molar-refractivity contribution in [1.29, 1.82) is 0 Å². The van der Waals surface area contributed by atoms with Crippen LogP contribution in [-0.4, -0.2) is 46.8 Å². The van der Waals surface area contributed by atoms with Crippen LogP contribution in [0.3, 0.4) is 0 Å². The number of nitrogens with one attached hydrogen (secondary N) is 1. The molecule has 9 nitrogen and oxygen atoms in total. The summed E-state index contributed by atoms with van der Waals surface area (Å²) in [5.74, 6) is -0.770. The van der Waals surface area contributed by atoms with Crippen molar-refractivity contribution in [2.45, 2.75) is 38.1 Å². The Kier molecular flexibility index (Phi) is 4.86. The number of amides is 4. The first-order valence-corrected chi connectivity index (χ1v) is 8.91. The lowest BCUT2D eigenvalue weighted by Gasteiger charge is -2.36. The molecule has 3 rings (SSSR count). The molecular formula is C18H22N4O5. The maximum atomic E-state index is 12.9. The van der Waals surface area contributed by atoms with Gasteiger partial charge in [-0.3, -0.25) is 24.6 Å². The lowest BCUT2D eigenvalue weighted by Crippen LogP contribution is -2.54. The Morgan fingerprint density at radius 2 is 2.00 bits per heavy atom. The summed E-state index contributed by atoms with van der Waals surface area (Å²) in [4.78, 5) is 50.3. The number of likely N-dealkylation sites (N-methyl/N-ethyl adjacent to an activating group) is 1. The summed E-state index contributed by atoms with van der Waals surface area (Å²) in [6, 6.07) is 4.95. The molecule has 1 heterocycles. The molecule has 0 bridgehead atoms. The largest absolute Gasteiger partial charge is 0.325 e. The number of urea groups is 1. The highest BCUT2D eigenvalue weighted by molar-refractivity contribution is 6.10. The molecule has 144 valence electrons. The topological polar surface area (TPSA) is 113 Å². The van der Waals surface area contributed by atoms with Crippen LogP contribution >= 0.6 is 0 Å². The molecule has 1 aromatic rings. The third kappa shape index (κ3) is 3.24. The van der Waals surface area contributed by atoms with Crippen molar-refractivity contribution in [3.05, 3.63) is 34.4 Å². The van der Waals surface area contributed by atoms with Crippen molar-refractivity contribution < 1.29 is 19.3 Å². The van der Waals surface area contributed by atoms with E-state index >= 15 is 0 Å². The van der Waals surface area contributed by atoms with Crippen LogP contribution in [0.5, 0.6) is 0 Å². The van der Waals surface area contributed by atoms with Gasteiger partial charge in [0.25, 0.3) is 11.6 Å². The zero-order chi connectivity index (χ0) is 19.8. The van der Waals surface area contributed by atoms with Crippen LogP contribution in [0.2, 0.25) is 0 Å². The van der Waals surface area contributed by atoms with Gasteiger partial charge >= 0.3 is 6.03 Å². The molecule has 0 radical (unpaired) electrons. The molecule has 4 amide bonds. The number of anilines is 1. The fourth-order valence-corrected chi connectivity index (χ4v) is 3.82. The highest BCUT2D eigenvalue weighted by atomic mass is 16.6. The Balaban J connectivity index is 1.72. The van der Waals surface area contributed by atoms with E-state index < -0.39 is 22.4 Å². The normalized spacial score (nSPS) is 24.8. The minimum absolute atomic E-state index is 0.0233. The second kappa shape index (κ2) is 6.98. The quantitative estimate of drug-likeness (QED) is 0.492. The standard InChI is InChI=1S/C18H22N4O5/c1-12-5-3-4-10-18(12)16(24)21(17(25)19-18)11-15(23)20(2)13-6-8-14(9-7-13)22(26)27/h6-9,12H,3-5,10-11H2,1-2H3,(H,19,25). The number of imide groups is 1. The molecule has 1 aromatic carbocycles. The summed E-state index contributed by atoms with van der Waals surface area (Å²) >= 11 is 0. The van der Waals surface area contributed by atoms with Crippen molar-refractivity contribution in [2.24, 2.45) is 5.92 Å². The van der Waals surface area contributed by atoms with Gasteiger partial charge < -0.3 is 10.2 Å². The SMILES string of the molecule is CC1CCCCC12NC(=O)N(CC(=O)N(C)c1ccc([N+](=O)[O-])cc1)C2=O. The molecule has 1 saturated heterocycles. The molecular weight excluding hydrogens is 352 g/mol. The molecule has 1 saturated carbocycles. The van der Waals surface area contributed by atoms with Gasteiger partial charge in [0, 0.05) is 24.9 Å². The van der Waals surface area contributed by atoms with E-state index in [-0.39, 0.29) is 24.1 Å². The summed E-state index contributed by atoms with van der Waals surface area (Å²) in [6.45, 7) is 1.58. The molecule has 1 N–H and O–H groups in total. The van der Waals surface area contributed by atoms with Crippen molar-refractivity contribution in [2.75, 3.05) is 18.5 Å². The Hall–Kier alpha value is -2.97. The van der Waals surface area contributed by atoms with E-state index in [1.165, 1.54) is 36.2 Å². The number of carbonyl (C=O) groups excluding carboxylic acids is 3. The van der Waals surface area contributed by atoms with E-state index in [0.717, 1.165) is 24.2 Å². The fourth-order valence-electron chi connectivity index (χ4n) is 3.82. The van der Waals surface area contributed by atoms with Crippen molar-refractivity contribution in [3.63, 3.8) is 0 Å². The number of hydrogen-bond acceptors (Lipinski definition) is 5. The molecule has 1 aliphatic carbocycles. The third-order valence-electron chi connectivity index (χ3n) is 5.62. The molecule has 1 spiro atoms. The van der Waals surface area contributed by atoms with E-state index in [0.29, 0.717) is 12.1 Å². The maximum Gasteiger partial charge on any atom is 0.325 e. The predicted molar refractivity (Wildman–Crippen MR) is 97.1 cm³/mol. The van der Waals surface area contributed by atoms with E-state index in [2.05, 4.69) is 5.32 Å². The van der Waals surface area contributed by atoms with Crippen LogP contribution in [0.1, 0.15) is 32.6 Å². The average Bonchev–Trinajstić information content (AvgIpc) is 2.88. The first kappa shape index (κ1) is 18.8. The Labute approximate surface area is 156 Å². The van der Waals surface area contributed by atoms with Gasteiger partial charge in [0.1, 0.15) is 12.1 Å². The third-order valence-corrected chi connectivity index (χ3v) is 5.62. The van der Waals surface area contributed by atoms with E-state index in [1.54, 1.807) is 0 Å². The molecule has 9 heteroatoms. The van der Waals surface area contributed by atoms with E-state index in [9.17, 15) is 24.5 Å². The monoisotopic (exact) mass is 374 g/mol. The molecule has 1 aliphatic heterocycles. The molecule has 2 fully saturated rings. The molecule has 27 heavy (non-hydrogen) atoms. The van der Waals surface area contributed by atoms with Crippen LogP contribution in [0.25, 0.3) is 0 Å². The first-order valence-electron chi connectivity index (χ1n) is 8.91. The minimum atomic E-state index is -0.901. The number of carbonyl (C=O) groups is 3. The lowest BCUT2D eigenvalue weighted by atomic mass is 9.73. The van der Waals surface area contributed by atoms with Crippen LogP contribution < -0.4 is 10.2 Å². The minimum Gasteiger partial charge on any atom is -0.323 e. The summed E-state index contributed by atoms with van der Waals surface area (Å²) < 4.78 is 0. The molecule has 2 unspecified atom stereocenters. The molecule has 0 aromatic heterocycles. The van der Waals surface area contributed by atoms with Crippen molar-refractivity contribution >= 4 is 29.2 Å². The summed E-state index contributed by atoms with van der Waals surface area (Å²) in [7, 11) is 1.50. The Morgan fingerprint density at radius 3 is 2.59 bits per heavy atom. The average molecular weight is 374 g/mol. The van der Waals surface area contributed by atoms with E-state index in [1.807, 2.05) is 6.92 Å². The van der Waals surface area contributed by atoms with Crippen LogP contribution in [0.15, 0.2) is 24.3 Å². The van der Waals surface area contributed by atoms with Gasteiger partial charge in [-0.1, -0.05) is 19.8 Å². The van der Waals surface area contributed by atoms with Crippen LogP contribution in [0, 0.1) is 16.0 Å². The Bertz CT molecular complexity index is 793. The molecule has 2 atom stereocenters. The summed E-state index contributed by atoms with van der Waals surface area (Å²) in [5, 5.41) is 13.5. The highest BCUT2D eigenvalue weighted by Crippen LogP contribution is 2.38. The van der Waals surface area contributed by atoms with Gasteiger partial charge in [-0.25, -0.2) is 4.79 Å². The predicted octanol–water partition coefficient (Wildman–Crippen LogP) is 2.06. The number of rotatable bonds is 4. The number of hydrogen-bond donors (Lipinski definition) is 1. The van der Waals surface area contributed by atoms with Gasteiger partial charge in [-0.2, -0.15) is 0 Å². The van der Waals surface area contributed by atoms with Gasteiger partial charge in [0.15, 0.2) is 0 Å². The molecule has 2 aliphatic rings. The first-order chi connectivity index (χ1) is 12.8. The second-order valence-electron chi connectivity index (χ2n) is 7.17. The van der Waals surface area contributed by atoms with Crippen LogP contribution in [0.4, 0.5) is 16.2 Å². The fraction of sp³-hybridized carbons (Fsp3) is 0.500. The van der Waals surface area contributed by atoms with Crippen molar-refractivity contribution in [3.8, 4) is 0 Å². The number of nitro groups is 1. The zero-order valence-electron chi connectivity index (χ0n) is 15.3. The van der Waals surface area contributed by atoms with E-state index in [4.69, 9.17) is 0 Å². The second-order valence-corrected chi connectivity index (χ2v) is 7.17. The van der Waals surface area contributed by atoms with Gasteiger partial charge in [-0.15, -0.1) is 0 Å². The zero-order valence-corrected chi connectivity index (χ0v) is 15.3. The number of benzene rings is 1.